The standard InChI is InChI=1S/C18H33NO2/c1-3-11-19-16(17(20-4-2)14-6-7-14)15-8-12-21-18(13-15)9-5-10-18/h14-17,19H,3-13H2,1-2H3. The van der Waals surface area contributed by atoms with Crippen LogP contribution < -0.4 is 5.32 Å². The maximum atomic E-state index is 6.19. The first-order valence-corrected chi connectivity index (χ1v) is 9.27. The largest absolute Gasteiger partial charge is 0.377 e. The quantitative estimate of drug-likeness (QED) is 0.743. The molecule has 1 spiro atoms. The summed E-state index contributed by atoms with van der Waals surface area (Å²) in [5.74, 6) is 1.54. The van der Waals surface area contributed by atoms with E-state index in [1.807, 2.05) is 0 Å². The minimum absolute atomic E-state index is 0.245. The molecule has 21 heavy (non-hydrogen) atoms. The highest BCUT2D eigenvalue weighted by Gasteiger charge is 2.47. The molecule has 3 nitrogen and oxygen atoms in total. The lowest BCUT2D eigenvalue weighted by Gasteiger charge is -2.49. The molecule has 1 N–H and O–H groups in total. The fourth-order valence-corrected chi connectivity index (χ4v) is 4.30. The van der Waals surface area contributed by atoms with E-state index in [9.17, 15) is 0 Å². The zero-order valence-electron chi connectivity index (χ0n) is 13.9. The second-order valence-corrected chi connectivity index (χ2v) is 7.38. The number of nitrogens with one attached hydrogen (secondary N) is 1. The Balaban J connectivity index is 1.67. The average Bonchev–Trinajstić information content (AvgIpc) is 3.30. The third kappa shape index (κ3) is 3.62. The summed E-state index contributed by atoms with van der Waals surface area (Å²) in [6.07, 6.45) is 10.8. The Labute approximate surface area is 130 Å². The van der Waals surface area contributed by atoms with Crippen LogP contribution in [0, 0.1) is 11.8 Å². The summed E-state index contributed by atoms with van der Waals surface area (Å²) in [6, 6.07) is 0.541. The van der Waals surface area contributed by atoms with Gasteiger partial charge in [-0.25, -0.2) is 0 Å². The van der Waals surface area contributed by atoms with Gasteiger partial charge in [-0.3, -0.25) is 0 Å². The Bertz CT molecular complexity index is 325. The third-order valence-electron chi connectivity index (χ3n) is 5.73. The molecule has 2 aliphatic carbocycles. The van der Waals surface area contributed by atoms with Crippen LogP contribution in [0.2, 0.25) is 0 Å². The lowest BCUT2D eigenvalue weighted by molar-refractivity contribution is -0.153. The SMILES string of the molecule is CCCNC(C1CCOC2(CCC2)C1)C(OCC)C1CC1. The number of hydrogen-bond acceptors (Lipinski definition) is 3. The lowest BCUT2D eigenvalue weighted by Crippen LogP contribution is -2.54. The highest BCUT2D eigenvalue weighted by atomic mass is 16.5. The van der Waals surface area contributed by atoms with Gasteiger partial charge >= 0.3 is 0 Å². The molecule has 1 heterocycles. The smallest absolute Gasteiger partial charge is 0.0758 e. The van der Waals surface area contributed by atoms with Crippen molar-refractivity contribution in [3.63, 3.8) is 0 Å². The Morgan fingerprint density at radius 1 is 1.19 bits per heavy atom. The monoisotopic (exact) mass is 295 g/mol. The van der Waals surface area contributed by atoms with Gasteiger partial charge in [-0.2, -0.15) is 0 Å². The van der Waals surface area contributed by atoms with E-state index in [0.717, 1.165) is 31.6 Å². The summed E-state index contributed by atoms with van der Waals surface area (Å²) >= 11 is 0. The first-order chi connectivity index (χ1) is 10.3. The Morgan fingerprint density at radius 3 is 2.57 bits per heavy atom. The molecule has 3 unspecified atom stereocenters. The van der Waals surface area contributed by atoms with Crippen LogP contribution in [0.3, 0.4) is 0 Å². The van der Waals surface area contributed by atoms with Gasteiger partial charge in [0, 0.05) is 19.3 Å². The van der Waals surface area contributed by atoms with Crippen LogP contribution in [-0.2, 0) is 9.47 Å². The van der Waals surface area contributed by atoms with Crippen molar-refractivity contribution in [3.8, 4) is 0 Å². The summed E-state index contributed by atoms with van der Waals surface area (Å²) in [5.41, 5.74) is 0.245. The topological polar surface area (TPSA) is 30.5 Å². The van der Waals surface area contributed by atoms with Crippen molar-refractivity contribution in [1.29, 1.82) is 0 Å². The van der Waals surface area contributed by atoms with E-state index in [2.05, 4.69) is 19.2 Å². The minimum atomic E-state index is 0.245. The van der Waals surface area contributed by atoms with Gasteiger partial charge in [-0.05, 0) is 76.7 Å². The second-order valence-electron chi connectivity index (χ2n) is 7.38. The van der Waals surface area contributed by atoms with Crippen LogP contribution in [0.25, 0.3) is 0 Å². The van der Waals surface area contributed by atoms with Crippen LogP contribution in [-0.4, -0.2) is 37.5 Å². The number of hydrogen-bond donors (Lipinski definition) is 1. The molecular weight excluding hydrogens is 262 g/mol. The Morgan fingerprint density at radius 2 is 2.00 bits per heavy atom. The predicted octanol–water partition coefficient (Wildman–Crippen LogP) is 3.52. The first kappa shape index (κ1) is 15.8. The van der Waals surface area contributed by atoms with Crippen molar-refractivity contribution >= 4 is 0 Å². The van der Waals surface area contributed by atoms with Crippen molar-refractivity contribution in [2.45, 2.75) is 83.0 Å². The van der Waals surface area contributed by atoms with Gasteiger partial charge in [-0.15, -0.1) is 0 Å². The number of ether oxygens (including phenoxy) is 2. The zero-order chi connectivity index (χ0) is 14.7. The highest BCUT2D eigenvalue weighted by molar-refractivity contribution is 5.00. The minimum Gasteiger partial charge on any atom is -0.377 e. The molecule has 0 radical (unpaired) electrons. The second kappa shape index (κ2) is 6.97. The molecule has 0 aromatic carbocycles. The normalized spacial score (nSPS) is 30.9. The van der Waals surface area contributed by atoms with E-state index < -0.39 is 0 Å². The maximum Gasteiger partial charge on any atom is 0.0758 e. The van der Waals surface area contributed by atoms with Crippen LogP contribution in [0.4, 0.5) is 0 Å². The molecule has 0 aromatic heterocycles. The van der Waals surface area contributed by atoms with Gasteiger partial charge in [0.1, 0.15) is 0 Å². The molecule has 3 aliphatic rings. The van der Waals surface area contributed by atoms with Gasteiger partial charge in [0.05, 0.1) is 11.7 Å². The zero-order valence-corrected chi connectivity index (χ0v) is 13.9. The summed E-state index contributed by atoms with van der Waals surface area (Å²) in [6.45, 7) is 7.32. The molecule has 3 fully saturated rings. The van der Waals surface area contributed by atoms with Crippen LogP contribution in [0.1, 0.15) is 65.2 Å². The molecular formula is C18H33NO2. The van der Waals surface area contributed by atoms with Crippen molar-refractivity contribution in [2.24, 2.45) is 11.8 Å². The summed E-state index contributed by atoms with van der Waals surface area (Å²) in [4.78, 5) is 0. The molecule has 0 amide bonds. The van der Waals surface area contributed by atoms with Crippen molar-refractivity contribution in [2.75, 3.05) is 19.8 Å². The molecule has 0 aromatic rings. The van der Waals surface area contributed by atoms with Crippen molar-refractivity contribution in [1.82, 2.24) is 5.32 Å². The Hall–Kier alpha value is -0.120. The van der Waals surface area contributed by atoms with E-state index in [1.165, 1.54) is 51.4 Å². The van der Waals surface area contributed by atoms with E-state index >= 15 is 0 Å². The van der Waals surface area contributed by atoms with Gasteiger partial charge < -0.3 is 14.8 Å². The van der Waals surface area contributed by atoms with Gasteiger partial charge in [0.25, 0.3) is 0 Å². The lowest BCUT2D eigenvalue weighted by atomic mass is 9.69. The average molecular weight is 295 g/mol. The summed E-state index contributed by atoms with van der Waals surface area (Å²) in [5, 5.41) is 3.85. The molecule has 1 saturated heterocycles. The van der Waals surface area contributed by atoms with Crippen molar-refractivity contribution in [3.05, 3.63) is 0 Å². The first-order valence-electron chi connectivity index (χ1n) is 9.27. The van der Waals surface area contributed by atoms with Crippen molar-refractivity contribution < 1.29 is 9.47 Å². The third-order valence-corrected chi connectivity index (χ3v) is 5.73. The fraction of sp³-hybridized carbons (Fsp3) is 1.00. The molecule has 122 valence electrons. The van der Waals surface area contributed by atoms with E-state index in [-0.39, 0.29) is 5.60 Å². The fourth-order valence-electron chi connectivity index (χ4n) is 4.30. The van der Waals surface area contributed by atoms with E-state index in [1.54, 1.807) is 0 Å². The predicted molar refractivity (Wildman–Crippen MR) is 85.5 cm³/mol. The van der Waals surface area contributed by atoms with Gasteiger partial charge in [-0.1, -0.05) is 6.92 Å². The van der Waals surface area contributed by atoms with E-state index in [4.69, 9.17) is 9.47 Å². The Kier molecular flexibility index (Phi) is 5.23. The van der Waals surface area contributed by atoms with Gasteiger partial charge in [0.2, 0.25) is 0 Å². The maximum absolute atomic E-state index is 6.19. The van der Waals surface area contributed by atoms with Gasteiger partial charge in [0.15, 0.2) is 0 Å². The van der Waals surface area contributed by atoms with Crippen LogP contribution >= 0.6 is 0 Å². The molecule has 3 rings (SSSR count). The molecule has 2 saturated carbocycles. The molecule has 1 aliphatic heterocycles. The van der Waals surface area contributed by atoms with Crippen LogP contribution in [0.15, 0.2) is 0 Å². The summed E-state index contributed by atoms with van der Waals surface area (Å²) in [7, 11) is 0. The van der Waals surface area contributed by atoms with Crippen LogP contribution in [0.5, 0.6) is 0 Å². The van der Waals surface area contributed by atoms with E-state index in [0.29, 0.717) is 12.1 Å². The number of rotatable bonds is 8. The molecule has 3 heteroatoms. The molecule has 0 bridgehead atoms. The summed E-state index contributed by atoms with van der Waals surface area (Å²) < 4.78 is 12.3. The molecule has 3 atom stereocenters. The highest BCUT2D eigenvalue weighted by Crippen LogP contribution is 2.47.